The number of nitrogens with zero attached hydrogens (tertiary/aromatic N) is 1. The summed E-state index contributed by atoms with van der Waals surface area (Å²) in [4.78, 5) is 2.50. The molecule has 1 rings (SSSR count). The Morgan fingerprint density at radius 2 is 2.00 bits per heavy atom. The first-order valence-corrected chi connectivity index (χ1v) is 6.56. The van der Waals surface area contributed by atoms with E-state index >= 15 is 0 Å². The van der Waals surface area contributed by atoms with Crippen LogP contribution in [-0.2, 0) is 4.74 Å². The standard InChI is InChI=1S/C13H28N2O/c1-11(2)8-14-9-13(10-16-4)15(3)12-6-5-7-12/h11-14H,5-10H2,1-4H3. The van der Waals surface area contributed by atoms with Gasteiger partial charge in [0.05, 0.1) is 6.61 Å². The van der Waals surface area contributed by atoms with Gasteiger partial charge in [0.15, 0.2) is 0 Å². The van der Waals surface area contributed by atoms with Gasteiger partial charge in [0.2, 0.25) is 0 Å². The van der Waals surface area contributed by atoms with Crippen LogP contribution in [0.2, 0.25) is 0 Å². The second kappa shape index (κ2) is 7.25. The van der Waals surface area contributed by atoms with E-state index < -0.39 is 0 Å². The predicted octanol–water partition coefficient (Wildman–Crippen LogP) is 1.73. The Kier molecular flexibility index (Phi) is 6.32. The first kappa shape index (κ1) is 13.9. The highest BCUT2D eigenvalue weighted by molar-refractivity contribution is 4.83. The second-order valence-electron chi connectivity index (χ2n) is 5.41. The van der Waals surface area contributed by atoms with E-state index in [1.165, 1.54) is 19.3 Å². The van der Waals surface area contributed by atoms with E-state index in [-0.39, 0.29) is 0 Å². The van der Waals surface area contributed by atoms with Crippen LogP contribution in [0.25, 0.3) is 0 Å². The molecule has 3 heteroatoms. The van der Waals surface area contributed by atoms with E-state index in [0.717, 1.165) is 31.7 Å². The number of methoxy groups -OCH3 is 1. The number of likely N-dealkylation sites (N-methyl/N-ethyl adjacent to an activating group) is 1. The number of hydrogen-bond donors (Lipinski definition) is 1. The van der Waals surface area contributed by atoms with Crippen LogP contribution in [0.5, 0.6) is 0 Å². The summed E-state index contributed by atoms with van der Waals surface area (Å²) in [5.74, 6) is 0.720. The molecular formula is C13H28N2O. The highest BCUT2D eigenvalue weighted by Gasteiger charge is 2.27. The molecule has 1 unspecified atom stereocenters. The maximum Gasteiger partial charge on any atom is 0.0630 e. The smallest absolute Gasteiger partial charge is 0.0630 e. The van der Waals surface area contributed by atoms with E-state index in [9.17, 15) is 0 Å². The Morgan fingerprint density at radius 3 is 2.44 bits per heavy atom. The first-order chi connectivity index (χ1) is 7.65. The summed E-state index contributed by atoms with van der Waals surface area (Å²) in [6.45, 7) is 7.46. The molecule has 1 atom stereocenters. The van der Waals surface area contributed by atoms with Crippen LogP contribution in [0.3, 0.4) is 0 Å². The molecular weight excluding hydrogens is 200 g/mol. The largest absolute Gasteiger partial charge is 0.383 e. The number of nitrogens with one attached hydrogen (secondary N) is 1. The third kappa shape index (κ3) is 4.40. The Bertz CT molecular complexity index is 181. The molecule has 1 aliphatic rings. The van der Waals surface area contributed by atoms with Crippen molar-refractivity contribution in [3.63, 3.8) is 0 Å². The summed E-state index contributed by atoms with van der Waals surface area (Å²) in [5.41, 5.74) is 0. The number of hydrogen-bond acceptors (Lipinski definition) is 3. The minimum Gasteiger partial charge on any atom is -0.383 e. The fourth-order valence-corrected chi connectivity index (χ4v) is 2.14. The lowest BCUT2D eigenvalue weighted by atomic mass is 9.91. The maximum atomic E-state index is 5.32. The molecule has 96 valence electrons. The van der Waals surface area contributed by atoms with E-state index in [1.54, 1.807) is 7.11 Å². The van der Waals surface area contributed by atoms with Crippen molar-refractivity contribution in [2.24, 2.45) is 5.92 Å². The fourth-order valence-electron chi connectivity index (χ4n) is 2.14. The lowest BCUT2D eigenvalue weighted by molar-refractivity contribution is 0.0520. The van der Waals surface area contributed by atoms with Crippen LogP contribution in [0.4, 0.5) is 0 Å². The van der Waals surface area contributed by atoms with Crippen LogP contribution in [0.15, 0.2) is 0 Å². The molecule has 1 N–H and O–H groups in total. The Balaban J connectivity index is 2.27. The van der Waals surface area contributed by atoms with Crippen molar-refractivity contribution >= 4 is 0 Å². The average molecular weight is 228 g/mol. The van der Waals surface area contributed by atoms with Crippen LogP contribution >= 0.6 is 0 Å². The number of ether oxygens (including phenoxy) is 1. The lowest BCUT2D eigenvalue weighted by Crippen LogP contribution is -2.50. The second-order valence-corrected chi connectivity index (χ2v) is 5.41. The van der Waals surface area contributed by atoms with Crippen molar-refractivity contribution in [1.82, 2.24) is 10.2 Å². The van der Waals surface area contributed by atoms with E-state index in [1.807, 2.05) is 0 Å². The third-order valence-electron chi connectivity index (χ3n) is 3.52. The van der Waals surface area contributed by atoms with Crippen LogP contribution in [0, 0.1) is 5.92 Å². The van der Waals surface area contributed by atoms with Crippen LogP contribution < -0.4 is 5.32 Å². The predicted molar refractivity (Wildman–Crippen MR) is 68.8 cm³/mol. The molecule has 0 radical (unpaired) electrons. The molecule has 1 saturated carbocycles. The van der Waals surface area contributed by atoms with E-state index in [0.29, 0.717) is 6.04 Å². The zero-order chi connectivity index (χ0) is 12.0. The molecule has 0 saturated heterocycles. The maximum absolute atomic E-state index is 5.32. The molecule has 0 aromatic carbocycles. The third-order valence-corrected chi connectivity index (χ3v) is 3.52. The normalized spacial score (nSPS) is 19.1. The van der Waals surface area contributed by atoms with Gasteiger partial charge in [0.25, 0.3) is 0 Å². The fraction of sp³-hybridized carbons (Fsp3) is 1.00. The monoisotopic (exact) mass is 228 g/mol. The topological polar surface area (TPSA) is 24.5 Å². The molecule has 0 aliphatic heterocycles. The quantitative estimate of drug-likeness (QED) is 0.685. The average Bonchev–Trinajstić information content (AvgIpc) is 2.13. The zero-order valence-corrected chi connectivity index (χ0v) is 11.3. The summed E-state index contributed by atoms with van der Waals surface area (Å²) in [6.07, 6.45) is 4.12. The molecule has 1 aliphatic carbocycles. The van der Waals surface area contributed by atoms with E-state index in [2.05, 4.69) is 31.1 Å². The summed E-state index contributed by atoms with van der Waals surface area (Å²) >= 11 is 0. The molecule has 0 aromatic heterocycles. The molecule has 1 fully saturated rings. The molecule has 0 heterocycles. The molecule has 16 heavy (non-hydrogen) atoms. The lowest BCUT2D eigenvalue weighted by Gasteiger charge is -2.40. The van der Waals surface area contributed by atoms with Crippen molar-refractivity contribution in [3.05, 3.63) is 0 Å². The van der Waals surface area contributed by atoms with Crippen molar-refractivity contribution in [3.8, 4) is 0 Å². The number of rotatable bonds is 8. The molecule has 3 nitrogen and oxygen atoms in total. The van der Waals surface area contributed by atoms with Gasteiger partial charge in [0.1, 0.15) is 0 Å². The van der Waals surface area contributed by atoms with Crippen LogP contribution in [0.1, 0.15) is 33.1 Å². The van der Waals surface area contributed by atoms with Gasteiger partial charge in [-0.25, -0.2) is 0 Å². The van der Waals surface area contributed by atoms with Gasteiger partial charge in [-0.15, -0.1) is 0 Å². The van der Waals surface area contributed by atoms with Gasteiger partial charge in [-0.2, -0.15) is 0 Å². The van der Waals surface area contributed by atoms with Gasteiger partial charge >= 0.3 is 0 Å². The molecule has 0 bridgehead atoms. The highest BCUT2D eigenvalue weighted by Crippen LogP contribution is 2.24. The van der Waals surface area contributed by atoms with Gasteiger partial charge < -0.3 is 10.1 Å². The first-order valence-electron chi connectivity index (χ1n) is 6.56. The zero-order valence-electron chi connectivity index (χ0n) is 11.3. The van der Waals surface area contributed by atoms with Gasteiger partial charge in [-0.1, -0.05) is 20.3 Å². The highest BCUT2D eigenvalue weighted by atomic mass is 16.5. The van der Waals surface area contributed by atoms with Crippen LogP contribution in [-0.4, -0.2) is 50.8 Å². The van der Waals surface area contributed by atoms with E-state index in [4.69, 9.17) is 4.74 Å². The minimum absolute atomic E-state index is 0.522. The van der Waals surface area contributed by atoms with Gasteiger partial charge in [-0.3, -0.25) is 4.90 Å². The van der Waals surface area contributed by atoms with Crippen molar-refractivity contribution in [2.75, 3.05) is 33.9 Å². The summed E-state index contributed by atoms with van der Waals surface area (Å²) in [7, 11) is 4.04. The molecule has 0 spiro atoms. The summed E-state index contributed by atoms with van der Waals surface area (Å²) < 4.78 is 5.32. The summed E-state index contributed by atoms with van der Waals surface area (Å²) in [6, 6.07) is 1.31. The Hall–Kier alpha value is -0.120. The van der Waals surface area contributed by atoms with Gasteiger partial charge in [-0.05, 0) is 32.4 Å². The Labute approximate surface area is 101 Å². The molecule has 0 amide bonds. The minimum atomic E-state index is 0.522. The molecule has 0 aromatic rings. The van der Waals surface area contributed by atoms with Crippen molar-refractivity contribution < 1.29 is 4.74 Å². The van der Waals surface area contributed by atoms with Crippen molar-refractivity contribution in [1.29, 1.82) is 0 Å². The SMILES string of the molecule is COCC(CNCC(C)C)N(C)C1CCC1. The van der Waals surface area contributed by atoms with Gasteiger partial charge in [0, 0.05) is 25.7 Å². The summed E-state index contributed by atoms with van der Waals surface area (Å²) in [5, 5.41) is 3.53. The van der Waals surface area contributed by atoms with Crippen molar-refractivity contribution in [2.45, 2.75) is 45.2 Å². The Morgan fingerprint density at radius 1 is 1.31 bits per heavy atom.